The van der Waals surface area contributed by atoms with Crippen LogP contribution in [0.25, 0.3) is 0 Å². The van der Waals surface area contributed by atoms with Crippen LogP contribution in [0.4, 0.5) is 0 Å². The molecule has 2 aromatic rings. The molecule has 25 heavy (non-hydrogen) atoms. The highest BCUT2D eigenvalue weighted by atomic mass is 16.5. The molecule has 0 radical (unpaired) electrons. The lowest BCUT2D eigenvalue weighted by Crippen LogP contribution is -2.36. The fourth-order valence-electron chi connectivity index (χ4n) is 3.17. The summed E-state index contributed by atoms with van der Waals surface area (Å²) in [6, 6.07) is 17.8. The minimum absolute atomic E-state index is 0.145. The highest BCUT2D eigenvalue weighted by Crippen LogP contribution is 2.12. The van der Waals surface area contributed by atoms with Gasteiger partial charge in [0.05, 0.1) is 0 Å². The van der Waals surface area contributed by atoms with E-state index in [0.717, 1.165) is 56.0 Å². The summed E-state index contributed by atoms with van der Waals surface area (Å²) < 4.78 is 5.78. The Kier molecular flexibility index (Phi) is 6.07. The zero-order valence-electron chi connectivity index (χ0n) is 14.9. The number of benzene rings is 2. The summed E-state index contributed by atoms with van der Waals surface area (Å²) in [5.41, 5.74) is 1.92. The number of amides is 1. The molecule has 0 aliphatic carbocycles. The van der Waals surface area contributed by atoms with Crippen LogP contribution >= 0.6 is 0 Å². The Morgan fingerprint density at radius 3 is 2.64 bits per heavy atom. The first-order chi connectivity index (χ1) is 12.2. The van der Waals surface area contributed by atoms with Gasteiger partial charge in [-0.05, 0) is 37.6 Å². The second-order valence-electron chi connectivity index (χ2n) is 6.52. The lowest BCUT2D eigenvalue weighted by Gasteiger charge is -2.22. The van der Waals surface area contributed by atoms with Crippen LogP contribution in [0.2, 0.25) is 0 Å². The summed E-state index contributed by atoms with van der Waals surface area (Å²) in [4.78, 5) is 17.1. The first-order valence-corrected chi connectivity index (χ1v) is 8.98. The van der Waals surface area contributed by atoms with Crippen molar-refractivity contribution in [3.63, 3.8) is 0 Å². The van der Waals surface area contributed by atoms with Gasteiger partial charge in [0.2, 0.25) is 0 Å². The summed E-state index contributed by atoms with van der Waals surface area (Å²) in [5, 5.41) is 0. The van der Waals surface area contributed by atoms with Crippen LogP contribution in [-0.4, -0.2) is 55.0 Å². The Morgan fingerprint density at radius 1 is 1.00 bits per heavy atom. The Hall–Kier alpha value is -2.33. The van der Waals surface area contributed by atoms with Crippen molar-refractivity contribution in [2.24, 2.45) is 0 Å². The van der Waals surface area contributed by atoms with Crippen molar-refractivity contribution >= 4 is 5.91 Å². The van der Waals surface area contributed by atoms with Gasteiger partial charge in [-0.25, -0.2) is 0 Å². The van der Waals surface area contributed by atoms with Crippen LogP contribution in [0.1, 0.15) is 22.3 Å². The van der Waals surface area contributed by atoms with Gasteiger partial charge in [-0.2, -0.15) is 0 Å². The molecule has 1 heterocycles. The van der Waals surface area contributed by atoms with Crippen LogP contribution in [-0.2, 0) is 0 Å². The third kappa shape index (κ3) is 5.07. The summed E-state index contributed by atoms with van der Waals surface area (Å²) in [7, 11) is 0. The third-order valence-electron chi connectivity index (χ3n) is 4.56. The van der Waals surface area contributed by atoms with Gasteiger partial charge in [-0.15, -0.1) is 0 Å². The quantitative estimate of drug-likeness (QED) is 0.839. The Balaban J connectivity index is 1.48. The van der Waals surface area contributed by atoms with Gasteiger partial charge in [0.15, 0.2) is 0 Å². The van der Waals surface area contributed by atoms with Crippen molar-refractivity contribution < 1.29 is 9.53 Å². The fourth-order valence-corrected chi connectivity index (χ4v) is 3.17. The molecule has 1 aliphatic heterocycles. The molecule has 3 rings (SSSR count). The maximum Gasteiger partial charge on any atom is 0.253 e. The molecule has 1 amide bonds. The molecule has 0 aromatic heterocycles. The second kappa shape index (κ2) is 8.67. The average Bonchev–Trinajstić information content (AvgIpc) is 2.88. The second-order valence-corrected chi connectivity index (χ2v) is 6.52. The Labute approximate surface area is 150 Å². The van der Waals surface area contributed by atoms with E-state index < -0.39 is 0 Å². The van der Waals surface area contributed by atoms with E-state index in [9.17, 15) is 4.79 Å². The van der Waals surface area contributed by atoms with E-state index in [2.05, 4.69) is 4.90 Å². The molecule has 132 valence electrons. The molecule has 0 atom stereocenters. The number of para-hydroxylation sites is 1. The number of rotatable bonds is 5. The number of hydrogen-bond acceptors (Lipinski definition) is 3. The largest absolute Gasteiger partial charge is 0.492 e. The van der Waals surface area contributed by atoms with Gasteiger partial charge in [0.25, 0.3) is 5.91 Å². The van der Waals surface area contributed by atoms with Gasteiger partial charge in [0, 0.05) is 38.3 Å². The number of carbonyl (C=O) groups is 1. The maximum absolute atomic E-state index is 12.7. The minimum Gasteiger partial charge on any atom is -0.492 e. The molecular weight excluding hydrogens is 312 g/mol. The minimum atomic E-state index is 0.145. The van der Waals surface area contributed by atoms with Crippen molar-refractivity contribution in [2.75, 3.05) is 39.3 Å². The van der Waals surface area contributed by atoms with Crippen LogP contribution in [0.3, 0.4) is 0 Å². The van der Waals surface area contributed by atoms with Crippen LogP contribution in [0.5, 0.6) is 5.75 Å². The van der Waals surface area contributed by atoms with E-state index in [1.54, 1.807) is 0 Å². The smallest absolute Gasteiger partial charge is 0.253 e. The molecule has 0 unspecified atom stereocenters. The molecule has 1 saturated heterocycles. The van der Waals surface area contributed by atoms with Crippen molar-refractivity contribution in [3.8, 4) is 5.75 Å². The number of hydrogen-bond donors (Lipinski definition) is 0. The van der Waals surface area contributed by atoms with Gasteiger partial charge < -0.3 is 9.64 Å². The van der Waals surface area contributed by atoms with Crippen LogP contribution in [0, 0.1) is 6.92 Å². The van der Waals surface area contributed by atoms with Crippen LogP contribution < -0.4 is 4.74 Å². The Morgan fingerprint density at radius 2 is 1.84 bits per heavy atom. The van der Waals surface area contributed by atoms with Crippen LogP contribution in [0.15, 0.2) is 54.6 Å². The molecule has 1 fully saturated rings. The molecule has 0 saturated carbocycles. The van der Waals surface area contributed by atoms with Gasteiger partial charge in [-0.1, -0.05) is 35.9 Å². The van der Waals surface area contributed by atoms with E-state index in [0.29, 0.717) is 6.61 Å². The number of aryl methyl sites for hydroxylation is 1. The van der Waals surface area contributed by atoms with Crippen molar-refractivity contribution in [1.29, 1.82) is 0 Å². The summed E-state index contributed by atoms with van der Waals surface area (Å²) in [6.07, 6.45) is 1.00. The first kappa shape index (κ1) is 17.5. The predicted molar refractivity (Wildman–Crippen MR) is 100 cm³/mol. The van der Waals surface area contributed by atoms with E-state index in [1.807, 2.05) is 66.4 Å². The molecular formula is C21H26N2O2. The van der Waals surface area contributed by atoms with E-state index in [4.69, 9.17) is 4.74 Å². The lowest BCUT2D eigenvalue weighted by molar-refractivity contribution is 0.0760. The molecule has 4 nitrogen and oxygen atoms in total. The normalized spacial score (nSPS) is 15.6. The lowest BCUT2D eigenvalue weighted by atomic mass is 10.1. The van der Waals surface area contributed by atoms with Gasteiger partial charge >= 0.3 is 0 Å². The number of ether oxygens (including phenoxy) is 1. The first-order valence-electron chi connectivity index (χ1n) is 8.98. The SMILES string of the molecule is Cc1cccc(C(=O)N2CCCN(CCOc3ccccc3)CC2)c1. The monoisotopic (exact) mass is 338 g/mol. The molecule has 0 spiro atoms. The van der Waals surface area contributed by atoms with Gasteiger partial charge in [0.1, 0.15) is 12.4 Å². The highest BCUT2D eigenvalue weighted by molar-refractivity contribution is 5.94. The zero-order valence-corrected chi connectivity index (χ0v) is 14.9. The van der Waals surface area contributed by atoms with E-state index >= 15 is 0 Å². The topological polar surface area (TPSA) is 32.8 Å². The zero-order chi connectivity index (χ0) is 17.5. The van der Waals surface area contributed by atoms with Crippen molar-refractivity contribution in [2.45, 2.75) is 13.3 Å². The van der Waals surface area contributed by atoms with Crippen molar-refractivity contribution in [3.05, 3.63) is 65.7 Å². The molecule has 4 heteroatoms. The molecule has 0 bridgehead atoms. The number of carbonyl (C=O) groups excluding carboxylic acids is 1. The third-order valence-corrected chi connectivity index (χ3v) is 4.56. The fraction of sp³-hybridized carbons (Fsp3) is 0.381. The highest BCUT2D eigenvalue weighted by Gasteiger charge is 2.20. The molecule has 2 aromatic carbocycles. The average molecular weight is 338 g/mol. The standard InChI is InChI=1S/C21H26N2O2/c1-18-7-5-8-19(17-18)21(24)23-12-6-11-22(13-14-23)15-16-25-20-9-3-2-4-10-20/h2-5,7-10,17H,6,11-16H2,1H3. The number of nitrogens with zero attached hydrogens (tertiary/aromatic N) is 2. The maximum atomic E-state index is 12.7. The summed E-state index contributed by atoms with van der Waals surface area (Å²) >= 11 is 0. The van der Waals surface area contributed by atoms with E-state index in [-0.39, 0.29) is 5.91 Å². The van der Waals surface area contributed by atoms with Crippen molar-refractivity contribution in [1.82, 2.24) is 9.80 Å². The Bertz CT molecular complexity index is 687. The molecule has 1 aliphatic rings. The van der Waals surface area contributed by atoms with E-state index in [1.165, 1.54) is 0 Å². The van der Waals surface area contributed by atoms with Gasteiger partial charge in [-0.3, -0.25) is 9.69 Å². The summed E-state index contributed by atoms with van der Waals surface area (Å²) in [6.45, 7) is 7.09. The predicted octanol–water partition coefficient (Wildman–Crippen LogP) is 3.22. The summed E-state index contributed by atoms with van der Waals surface area (Å²) in [5.74, 6) is 1.06. The molecule has 0 N–H and O–H groups in total.